The Morgan fingerprint density at radius 2 is 1.68 bits per heavy atom. The Balaban J connectivity index is 2.75. The van der Waals surface area contributed by atoms with E-state index in [1.54, 1.807) is 13.0 Å². The highest BCUT2D eigenvalue weighted by molar-refractivity contribution is 5.96. The van der Waals surface area contributed by atoms with E-state index in [2.05, 4.69) is 0 Å². The Morgan fingerprint density at radius 1 is 1.00 bits per heavy atom. The molecule has 0 aliphatic carbocycles. The number of carboxylic acids is 1. The highest BCUT2D eigenvalue weighted by Crippen LogP contribution is 2.29. The van der Waals surface area contributed by atoms with Crippen LogP contribution in [0, 0.1) is 24.4 Å². The molecule has 0 heterocycles. The molecular weight excluding hydrogens is 257 g/mol. The van der Waals surface area contributed by atoms with Gasteiger partial charge in [0.2, 0.25) is 0 Å². The summed E-state index contributed by atoms with van der Waals surface area (Å²) < 4.78 is 39.8. The molecule has 0 saturated carbocycles. The molecule has 0 spiro atoms. The van der Waals surface area contributed by atoms with Crippen molar-refractivity contribution in [3.8, 4) is 11.1 Å². The zero-order chi connectivity index (χ0) is 14.2. The van der Waals surface area contributed by atoms with Crippen molar-refractivity contribution < 1.29 is 23.1 Å². The first-order valence-corrected chi connectivity index (χ1v) is 5.39. The normalized spacial score (nSPS) is 10.5. The second-order valence-corrected chi connectivity index (χ2v) is 4.08. The number of hydrogen-bond acceptors (Lipinski definition) is 1. The van der Waals surface area contributed by atoms with Crippen molar-refractivity contribution in [3.63, 3.8) is 0 Å². The third-order valence-electron chi connectivity index (χ3n) is 2.73. The van der Waals surface area contributed by atoms with Crippen LogP contribution in [0.25, 0.3) is 11.1 Å². The van der Waals surface area contributed by atoms with Gasteiger partial charge in [-0.1, -0.05) is 17.7 Å². The summed E-state index contributed by atoms with van der Waals surface area (Å²) >= 11 is 0. The Hall–Kier alpha value is -2.30. The Kier molecular flexibility index (Phi) is 3.29. The maximum absolute atomic E-state index is 13.7. The fraction of sp³-hybridized carbons (Fsp3) is 0.0714. The third kappa shape index (κ3) is 2.31. The van der Waals surface area contributed by atoms with Crippen LogP contribution < -0.4 is 0 Å². The Bertz CT molecular complexity index is 666. The second kappa shape index (κ2) is 4.76. The first-order chi connectivity index (χ1) is 8.91. The van der Waals surface area contributed by atoms with Gasteiger partial charge in [-0.15, -0.1) is 0 Å². The molecule has 0 amide bonds. The first kappa shape index (κ1) is 13.1. The fourth-order valence-electron chi connectivity index (χ4n) is 1.80. The summed E-state index contributed by atoms with van der Waals surface area (Å²) in [7, 11) is 0. The summed E-state index contributed by atoms with van der Waals surface area (Å²) in [6.07, 6.45) is 0. The monoisotopic (exact) mass is 266 g/mol. The van der Waals surface area contributed by atoms with Crippen LogP contribution in [0.15, 0.2) is 30.3 Å². The summed E-state index contributed by atoms with van der Waals surface area (Å²) in [6.45, 7) is 1.69. The molecule has 0 aromatic heterocycles. The van der Waals surface area contributed by atoms with E-state index in [0.29, 0.717) is 5.56 Å². The van der Waals surface area contributed by atoms with Crippen LogP contribution in [0.4, 0.5) is 13.2 Å². The van der Waals surface area contributed by atoms with E-state index in [1.807, 2.05) is 0 Å². The van der Waals surface area contributed by atoms with Gasteiger partial charge in [0.25, 0.3) is 0 Å². The number of carboxylic acid groups (broad SMARTS) is 1. The number of carbonyl (C=O) groups is 1. The summed E-state index contributed by atoms with van der Waals surface area (Å²) in [5.74, 6) is -5.59. The van der Waals surface area contributed by atoms with Gasteiger partial charge in [0.05, 0.1) is 5.56 Å². The summed E-state index contributed by atoms with van der Waals surface area (Å²) in [5, 5.41) is 9.04. The second-order valence-electron chi connectivity index (χ2n) is 4.08. The number of aromatic carboxylic acids is 1. The largest absolute Gasteiger partial charge is 0.478 e. The minimum atomic E-state index is -1.62. The molecule has 0 fully saturated rings. The highest BCUT2D eigenvalue weighted by Gasteiger charge is 2.19. The van der Waals surface area contributed by atoms with Crippen LogP contribution in [-0.2, 0) is 0 Å². The SMILES string of the molecule is Cc1ccc(C(=O)O)c(-c2ccc(F)c(F)c2F)c1. The van der Waals surface area contributed by atoms with Crippen molar-refractivity contribution >= 4 is 5.97 Å². The van der Waals surface area contributed by atoms with Crippen molar-refractivity contribution in [2.75, 3.05) is 0 Å². The highest BCUT2D eigenvalue weighted by atomic mass is 19.2. The van der Waals surface area contributed by atoms with E-state index in [0.717, 1.165) is 12.1 Å². The van der Waals surface area contributed by atoms with Gasteiger partial charge in [0.1, 0.15) is 0 Å². The van der Waals surface area contributed by atoms with Crippen molar-refractivity contribution in [1.29, 1.82) is 0 Å². The maximum Gasteiger partial charge on any atom is 0.336 e. The first-order valence-electron chi connectivity index (χ1n) is 5.39. The number of halogens is 3. The van der Waals surface area contributed by atoms with E-state index >= 15 is 0 Å². The van der Waals surface area contributed by atoms with Crippen molar-refractivity contribution in [3.05, 3.63) is 58.9 Å². The van der Waals surface area contributed by atoms with Crippen molar-refractivity contribution in [2.24, 2.45) is 0 Å². The van der Waals surface area contributed by atoms with Crippen molar-refractivity contribution in [1.82, 2.24) is 0 Å². The van der Waals surface area contributed by atoms with E-state index in [4.69, 9.17) is 5.11 Å². The summed E-state index contributed by atoms with van der Waals surface area (Å²) in [4.78, 5) is 11.1. The molecule has 19 heavy (non-hydrogen) atoms. The molecule has 0 atom stereocenters. The molecule has 2 rings (SSSR count). The Morgan fingerprint density at radius 3 is 2.32 bits per heavy atom. The lowest BCUT2D eigenvalue weighted by Crippen LogP contribution is -2.02. The zero-order valence-corrected chi connectivity index (χ0v) is 9.88. The van der Waals surface area contributed by atoms with Gasteiger partial charge in [-0.3, -0.25) is 0 Å². The standard InChI is InChI=1S/C14H9F3O2/c1-7-2-3-9(14(18)19)10(6-7)8-4-5-11(15)13(17)12(8)16/h2-6H,1H3,(H,18,19). The Labute approximate surface area is 107 Å². The number of aryl methyl sites for hydroxylation is 1. The number of hydrogen-bond donors (Lipinski definition) is 1. The molecule has 2 nitrogen and oxygen atoms in total. The lowest BCUT2D eigenvalue weighted by Gasteiger charge is -2.09. The minimum absolute atomic E-state index is 0.0175. The molecule has 0 aliphatic heterocycles. The lowest BCUT2D eigenvalue weighted by molar-refractivity contribution is 0.0697. The van der Waals surface area contributed by atoms with Crippen molar-refractivity contribution in [2.45, 2.75) is 6.92 Å². The van der Waals surface area contributed by atoms with E-state index in [9.17, 15) is 18.0 Å². The van der Waals surface area contributed by atoms with E-state index in [1.165, 1.54) is 12.1 Å². The molecule has 0 saturated heterocycles. The smallest absolute Gasteiger partial charge is 0.336 e. The lowest BCUT2D eigenvalue weighted by atomic mass is 9.97. The van der Waals surface area contributed by atoms with E-state index in [-0.39, 0.29) is 16.7 Å². The number of rotatable bonds is 2. The van der Waals surface area contributed by atoms with Crippen LogP contribution in [0.2, 0.25) is 0 Å². The summed E-state index contributed by atoms with van der Waals surface area (Å²) in [6, 6.07) is 6.05. The fourth-order valence-corrected chi connectivity index (χ4v) is 1.80. The molecule has 2 aromatic rings. The molecule has 0 unspecified atom stereocenters. The molecule has 2 aromatic carbocycles. The van der Waals surface area contributed by atoms with Crippen LogP contribution in [0.5, 0.6) is 0 Å². The van der Waals surface area contributed by atoms with Gasteiger partial charge in [-0.05, 0) is 30.7 Å². The van der Waals surface area contributed by atoms with Gasteiger partial charge in [-0.2, -0.15) is 0 Å². The quantitative estimate of drug-likeness (QED) is 0.840. The molecule has 0 bridgehead atoms. The third-order valence-corrected chi connectivity index (χ3v) is 2.73. The molecule has 98 valence electrons. The van der Waals surface area contributed by atoms with E-state index < -0.39 is 23.4 Å². The molecular formula is C14H9F3O2. The van der Waals surface area contributed by atoms with Gasteiger partial charge in [0, 0.05) is 5.56 Å². The van der Waals surface area contributed by atoms with Gasteiger partial charge >= 0.3 is 5.97 Å². The van der Waals surface area contributed by atoms with Crippen LogP contribution in [0.3, 0.4) is 0 Å². The van der Waals surface area contributed by atoms with Gasteiger partial charge in [-0.25, -0.2) is 18.0 Å². The zero-order valence-electron chi connectivity index (χ0n) is 9.88. The van der Waals surface area contributed by atoms with Gasteiger partial charge in [0.15, 0.2) is 17.5 Å². The van der Waals surface area contributed by atoms with Crippen LogP contribution in [0.1, 0.15) is 15.9 Å². The number of benzene rings is 2. The molecule has 0 aliphatic rings. The van der Waals surface area contributed by atoms with Gasteiger partial charge < -0.3 is 5.11 Å². The molecule has 5 heteroatoms. The van der Waals surface area contributed by atoms with Crippen LogP contribution in [-0.4, -0.2) is 11.1 Å². The average Bonchev–Trinajstić information content (AvgIpc) is 2.35. The topological polar surface area (TPSA) is 37.3 Å². The predicted octanol–water partition coefficient (Wildman–Crippen LogP) is 3.78. The average molecular weight is 266 g/mol. The minimum Gasteiger partial charge on any atom is -0.478 e. The predicted molar refractivity (Wildman–Crippen MR) is 63.4 cm³/mol. The van der Waals surface area contributed by atoms with Crippen LogP contribution >= 0.6 is 0 Å². The summed E-state index contributed by atoms with van der Waals surface area (Å²) in [5.41, 5.74) is 0.253. The maximum atomic E-state index is 13.7. The molecule has 0 radical (unpaired) electrons. The molecule has 1 N–H and O–H groups in total.